The first-order valence-corrected chi connectivity index (χ1v) is 5.88. The van der Waals surface area contributed by atoms with Crippen molar-refractivity contribution >= 4 is 29.2 Å². The highest BCUT2D eigenvalue weighted by atomic mass is 35.5. The predicted molar refractivity (Wildman–Crippen MR) is 67.9 cm³/mol. The molecule has 98 valence electrons. The van der Waals surface area contributed by atoms with Crippen molar-refractivity contribution in [2.45, 2.75) is 0 Å². The fourth-order valence-corrected chi connectivity index (χ4v) is 1.99. The minimum Gasteiger partial charge on any atom is -0.464 e. The molecule has 18 heavy (non-hydrogen) atoms. The zero-order chi connectivity index (χ0) is 13.1. The first-order valence-electron chi connectivity index (χ1n) is 5.50. The maximum atomic E-state index is 11.4. The second-order valence-electron chi connectivity index (χ2n) is 3.80. The van der Waals surface area contributed by atoms with Gasteiger partial charge in [0.1, 0.15) is 0 Å². The normalized spacial score (nSPS) is 15.6. The molecule has 2 heterocycles. The number of carbonyl (C=O) groups is 1. The molecule has 0 radical (unpaired) electrons. The van der Waals surface area contributed by atoms with E-state index in [0.29, 0.717) is 5.82 Å². The predicted octanol–water partition coefficient (Wildman–Crippen LogP) is -0.0916. The lowest BCUT2D eigenvalue weighted by Gasteiger charge is -2.28. The van der Waals surface area contributed by atoms with Crippen LogP contribution in [0.2, 0.25) is 5.15 Å². The molecule has 1 aromatic heterocycles. The topological polar surface area (TPSA) is 93.4 Å². The van der Waals surface area contributed by atoms with Crippen LogP contribution in [0.3, 0.4) is 0 Å². The van der Waals surface area contributed by atoms with Gasteiger partial charge in [0.15, 0.2) is 22.5 Å². The van der Waals surface area contributed by atoms with Gasteiger partial charge in [0.2, 0.25) is 0 Å². The molecule has 0 atom stereocenters. The van der Waals surface area contributed by atoms with E-state index >= 15 is 0 Å². The quantitative estimate of drug-likeness (QED) is 0.726. The number of halogens is 1. The molecular weight excluding hydrogens is 258 g/mol. The number of nitrogens with zero attached hydrogens (tertiary/aromatic N) is 3. The highest BCUT2D eigenvalue weighted by molar-refractivity contribution is 6.32. The van der Waals surface area contributed by atoms with E-state index in [0.717, 1.165) is 26.2 Å². The van der Waals surface area contributed by atoms with Crippen molar-refractivity contribution in [1.82, 2.24) is 15.3 Å². The monoisotopic (exact) mass is 271 g/mol. The molecule has 0 aliphatic carbocycles. The molecular formula is C10H14ClN5O2. The molecule has 0 bridgehead atoms. The maximum Gasteiger partial charge on any atom is 0.360 e. The van der Waals surface area contributed by atoms with E-state index in [9.17, 15) is 4.79 Å². The van der Waals surface area contributed by atoms with Crippen LogP contribution in [-0.2, 0) is 4.74 Å². The number of esters is 1. The lowest BCUT2D eigenvalue weighted by atomic mass is 10.3. The van der Waals surface area contributed by atoms with Gasteiger partial charge in [-0.3, -0.25) is 0 Å². The Hall–Kier alpha value is -1.60. The van der Waals surface area contributed by atoms with Crippen molar-refractivity contribution in [1.29, 1.82) is 0 Å². The molecule has 0 amide bonds. The average molecular weight is 272 g/mol. The number of carbonyl (C=O) groups excluding carboxylic acids is 1. The number of rotatable bonds is 2. The Labute approximate surface area is 109 Å². The maximum absolute atomic E-state index is 11.4. The second kappa shape index (κ2) is 5.36. The number of piperazine rings is 1. The number of hydrogen-bond acceptors (Lipinski definition) is 7. The van der Waals surface area contributed by atoms with E-state index in [-0.39, 0.29) is 16.7 Å². The summed E-state index contributed by atoms with van der Waals surface area (Å²) in [4.78, 5) is 21.5. The van der Waals surface area contributed by atoms with Crippen LogP contribution in [-0.4, -0.2) is 49.2 Å². The summed E-state index contributed by atoms with van der Waals surface area (Å²) >= 11 is 6.04. The van der Waals surface area contributed by atoms with E-state index < -0.39 is 5.97 Å². The van der Waals surface area contributed by atoms with Crippen molar-refractivity contribution in [3.05, 3.63) is 10.8 Å². The molecule has 1 aliphatic heterocycles. The Morgan fingerprint density at radius 2 is 2.11 bits per heavy atom. The largest absolute Gasteiger partial charge is 0.464 e. The molecule has 8 heteroatoms. The van der Waals surface area contributed by atoms with Gasteiger partial charge in [0.05, 0.1) is 7.11 Å². The fourth-order valence-electron chi connectivity index (χ4n) is 1.74. The number of ether oxygens (including phenoxy) is 1. The van der Waals surface area contributed by atoms with Gasteiger partial charge in [0.25, 0.3) is 0 Å². The highest BCUT2D eigenvalue weighted by Crippen LogP contribution is 2.24. The molecule has 0 saturated carbocycles. The summed E-state index contributed by atoms with van der Waals surface area (Å²) in [7, 11) is 1.25. The molecule has 1 aromatic rings. The Bertz CT molecular complexity index is 462. The first-order chi connectivity index (χ1) is 8.63. The molecule has 1 saturated heterocycles. The summed E-state index contributed by atoms with van der Waals surface area (Å²) in [5, 5.41) is 3.38. The molecule has 1 aliphatic rings. The highest BCUT2D eigenvalue weighted by Gasteiger charge is 2.21. The number of anilines is 2. The van der Waals surface area contributed by atoms with E-state index in [2.05, 4.69) is 20.0 Å². The third-order valence-electron chi connectivity index (χ3n) is 2.66. The van der Waals surface area contributed by atoms with Crippen LogP contribution >= 0.6 is 11.6 Å². The molecule has 1 fully saturated rings. The lowest BCUT2D eigenvalue weighted by Crippen LogP contribution is -2.44. The van der Waals surface area contributed by atoms with Gasteiger partial charge >= 0.3 is 5.97 Å². The van der Waals surface area contributed by atoms with Crippen LogP contribution in [0, 0.1) is 0 Å². The summed E-state index contributed by atoms with van der Waals surface area (Å²) in [6.45, 7) is 3.23. The average Bonchev–Trinajstić information content (AvgIpc) is 2.41. The Balaban J connectivity index is 2.33. The van der Waals surface area contributed by atoms with Crippen LogP contribution in [0.5, 0.6) is 0 Å². The molecule has 7 nitrogen and oxygen atoms in total. The van der Waals surface area contributed by atoms with Crippen LogP contribution in [0.25, 0.3) is 0 Å². The van der Waals surface area contributed by atoms with Crippen molar-refractivity contribution in [2.24, 2.45) is 0 Å². The number of nitrogens with two attached hydrogens (primary N) is 1. The second-order valence-corrected chi connectivity index (χ2v) is 4.16. The Morgan fingerprint density at radius 1 is 1.44 bits per heavy atom. The summed E-state index contributed by atoms with van der Waals surface area (Å²) in [6, 6.07) is 0. The molecule has 0 unspecified atom stereocenters. The van der Waals surface area contributed by atoms with Crippen molar-refractivity contribution < 1.29 is 9.53 Å². The van der Waals surface area contributed by atoms with Gasteiger partial charge < -0.3 is 20.7 Å². The first kappa shape index (κ1) is 12.8. The Morgan fingerprint density at radius 3 is 2.72 bits per heavy atom. The number of nitrogen functional groups attached to an aromatic ring is 1. The van der Waals surface area contributed by atoms with Gasteiger partial charge in [-0.1, -0.05) is 11.6 Å². The summed E-state index contributed by atoms with van der Waals surface area (Å²) in [6.07, 6.45) is 0. The van der Waals surface area contributed by atoms with Gasteiger partial charge in [0, 0.05) is 26.2 Å². The van der Waals surface area contributed by atoms with Crippen molar-refractivity contribution in [3.63, 3.8) is 0 Å². The van der Waals surface area contributed by atoms with Crippen LogP contribution in [0.4, 0.5) is 11.6 Å². The van der Waals surface area contributed by atoms with Gasteiger partial charge in [-0.15, -0.1) is 0 Å². The summed E-state index contributed by atoms with van der Waals surface area (Å²) in [5.74, 6) is -0.114. The molecule has 3 N–H and O–H groups in total. The zero-order valence-electron chi connectivity index (χ0n) is 9.94. The minimum atomic E-state index is -0.645. The zero-order valence-corrected chi connectivity index (χ0v) is 10.7. The van der Waals surface area contributed by atoms with Crippen molar-refractivity contribution in [2.75, 3.05) is 43.9 Å². The Kier molecular flexibility index (Phi) is 3.83. The molecule has 0 spiro atoms. The van der Waals surface area contributed by atoms with E-state index in [4.69, 9.17) is 17.3 Å². The smallest absolute Gasteiger partial charge is 0.360 e. The third-order valence-corrected chi connectivity index (χ3v) is 2.91. The third kappa shape index (κ3) is 2.46. The van der Waals surface area contributed by atoms with Crippen LogP contribution in [0.1, 0.15) is 10.5 Å². The van der Waals surface area contributed by atoms with Gasteiger partial charge in [-0.2, -0.15) is 0 Å². The van der Waals surface area contributed by atoms with Gasteiger partial charge in [-0.05, 0) is 0 Å². The summed E-state index contributed by atoms with van der Waals surface area (Å²) < 4.78 is 4.55. The van der Waals surface area contributed by atoms with E-state index in [1.165, 1.54) is 7.11 Å². The summed E-state index contributed by atoms with van der Waals surface area (Å²) in [5.41, 5.74) is 5.64. The van der Waals surface area contributed by atoms with Gasteiger partial charge in [-0.25, -0.2) is 14.8 Å². The molecule has 0 aromatic carbocycles. The number of methoxy groups -OCH3 is 1. The standard InChI is InChI=1S/C10H14ClN5O2/c1-18-10(17)6-8(12)15-9(7(11)14-6)16-4-2-13-3-5-16/h13H,2-5H2,1H3,(H2,12,15). The number of aromatic nitrogens is 2. The minimum absolute atomic E-state index is 0.0276. The van der Waals surface area contributed by atoms with E-state index in [1.54, 1.807) is 0 Å². The van der Waals surface area contributed by atoms with Crippen LogP contribution in [0.15, 0.2) is 0 Å². The fraction of sp³-hybridized carbons (Fsp3) is 0.500. The lowest BCUT2D eigenvalue weighted by molar-refractivity contribution is 0.0595. The SMILES string of the molecule is COC(=O)c1nc(Cl)c(N2CCNCC2)nc1N. The number of nitrogens with one attached hydrogen (secondary N) is 1. The number of hydrogen-bond donors (Lipinski definition) is 2. The van der Waals surface area contributed by atoms with Crippen molar-refractivity contribution in [3.8, 4) is 0 Å². The van der Waals surface area contributed by atoms with E-state index in [1.807, 2.05) is 4.90 Å². The van der Waals surface area contributed by atoms with Crippen LogP contribution < -0.4 is 16.0 Å². The molecule has 2 rings (SSSR count).